The van der Waals surface area contributed by atoms with Crippen LogP contribution in [0, 0.1) is 0 Å². The van der Waals surface area contributed by atoms with E-state index in [1.165, 1.54) is 0 Å². The zero-order valence-corrected chi connectivity index (χ0v) is 13.6. The van der Waals surface area contributed by atoms with E-state index in [4.69, 9.17) is 14.2 Å². The summed E-state index contributed by atoms with van der Waals surface area (Å²) in [7, 11) is 1.61. The van der Waals surface area contributed by atoms with Gasteiger partial charge in [-0.05, 0) is 31.0 Å². The van der Waals surface area contributed by atoms with E-state index in [-0.39, 0.29) is 12.0 Å². The van der Waals surface area contributed by atoms with Crippen molar-refractivity contribution in [3.05, 3.63) is 41.7 Å². The number of benzene rings is 1. The van der Waals surface area contributed by atoms with Crippen molar-refractivity contribution < 1.29 is 19.0 Å². The average molecular weight is 331 g/mol. The molecule has 1 aliphatic rings. The maximum absolute atomic E-state index is 12.1. The Bertz CT molecular complexity index is 680. The van der Waals surface area contributed by atoms with Crippen LogP contribution in [0.25, 0.3) is 0 Å². The third-order valence-electron chi connectivity index (χ3n) is 3.81. The molecule has 1 saturated heterocycles. The number of ether oxygens (including phenoxy) is 3. The number of aromatic amines is 1. The molecule has 0 radical (unpaired) electrons. The molecule has 2 N–H and O–H groups in total. The number of nitrogens with one attached hydrogen (secondary N) is 2. The van der Waals surface area contributed by atoms with Crippen LogP contribution in [0.1, 0.15) is 29.0 Å². The van der Waals surface area contributed by atoms with E-state index in [0.29, 0.717) is 24.6 Å². The molecule has 1 aliphatic heterocycles. The third-order valence-corrected chi connectivity index (χ3v) is 3.81. The van der Waals surface area contributed by atoms with Gasteiger partial charge in [0.05, 0.1) is 18.9 Å². The summed E-state index contributed by atoms with van der Waals surface area (Å²) in [6, 6.07) is 9.02. The van der Waals surface area contributed by atoms with Crippen molar-refractivity contribution in [2.75, 3.05) is 20.3 Å². The minimum Gasteiger partial charge on any atom is -0.497 e. The van der Waals surface area contributed by atoms with Crippen molar-refractivity contribution >= 4 is 5.91 Å². The van der Waals surface area contributed by atoms with E-state index in [1.54, 1.807) is 19.2 Å². The second kappa shape index (κ2) is 7.83. The number of hydrogen-bond acceptors (Lipinski definition) is 5. The number of aromatic nitrogens is 2. The molecular formula is C17H21N3O4. The summed E-state index contributed by atoms with van der Waals surface area (Å²) < 4.78 is 16.3. The number of amides is 1. The molecule has 1 aromatic heterocycles. The zero-order valence-electron chi connectivity index (χ0n) is 13.6. The molecule has 0 bridgehead atoms. The van der Waals surface area contributed by atoms with Crippen LogP contribution >= 0.6 is 0 Å². The molecule has 1 amide bonds. The van der Waals surface area contributed by atoms with Gasteiger partial charge in [-0.3, -0.25) is 9.89 Å². The standard InChI is InChI=1S/C17H21N3O4/c1-22-13-4-2-5-14(9-13)24-11-12-8-16(20-19-12)17(21)18-10-15-6-3-7-23-15/h2,4-5,8-9,15H,3,6-7,10-11H2,1H3,(H,18,21)(H,19,20)/t15-/m1/s1. The molecule has 1 atom stereocenters. The fraction of sp³-hybridized carbons (Fsp3) is 0.412. The van der Waals surface area contributed by atoms with Crippen LogP contribution in [0.2, 0.25) is 0 Å². The van der Waals surface area contributed by atoms with Crippen molar-refractivity contribution in [2.24, 2.45) is 0 Å². The second-order valence-corrected chi connectivity index (χ2v) is 5.59. The van der Waals surface area contributed by atoms with E-state index < -0.39 is 0 Å². The van der Waals surface area contributed by atoms with Gasteiger partial charge < -0.3 is 19.5 Å². The quantitative estimate of drug-likeness (QED) is 0.809. The van der Waals surface area contributed by atoms with Gasteiger partial charge in [0.1, 0.15) is 23.8 Å². The first-order valence-electron chi connectivity index (χ1n) is 7.95. The fourth-order valence-electron chi connectivity index (χ4n) is 2.51. The van der Waals surface area contributed by atoms with Crippen LogP contribution in [-0.4, -0.2) is 42.5 Å². The maximum atomic E-state index is 12.1. The molecule has 0 spiro atoms. The molecule has 7 nitrogen and oxygen atoms in total. The second-order valence-electron chi connectivity index (χ2n) is 5.59. The first kappa shape index (κ1) is 16.3. The van der Waals surface area contributed by atoms with E-state index in [9.17, 15) is 4.79 Å². The number of rotatable bonds is 7. The van der Waals surface area contributed by atoms with Gasteiger partial charge in [-0.25, -0.2) is 0 Å². The smallest absolute Gasteiger partial charge is 0.271 e. The number of H-pyrrole nitrogens is 1. The number of nitrogens with zero attached hydrogens (tertiary/aromatic N) is 1. The van der Waals surface area contributed by atoms with Gasteiger partial charge in [0.2, 0.25) is 0 Å². The van der Waals surface area contributed by atoms with Crippen LogP contribution in [0.15, 0.2) is 30.3 Å². The lowest BCUT2D eigenvalue weighted by Gasteiger charge is -2.09. The number of carbonyl (C=O) groups is 1. The number of methoxy groups -OCH3 is 1. The van der Waals surface area contributed by atoms with Crippen molar-refractivity contribution in [2.45, 2.75) is 25.6 Å². The lowest BCUT2D eigenvalue weighted by atomic mass is 10.2. The Labute approximate surface area is 140 Å². The van der Waals surface area contributed by atoms with Gasteiger partial charge in [0.15, 0.2) is 0 Å². The Morgan fingerprint density at radius 3 is 3.08 bits per heavy atom. The van der Waals surface area contributed by atoms with Gasteiger partial charge in [-0.1, -0.05) is 6.07 Å². The van der Waals surface area contributed by atoms with Crippen LogP contribution in [0.3, 0.4) is 0 Å². The van der Waals surface area contributed by atoms with Gasteiger partial charge in [0, 0.05) is 19.2 Å². The first-order chi connectivity index (χ1) is 11.7. The first-order valence-corrected chi connectivity index (χ1v) is 7.95. The highest BCUT2D eigenvalue weighted by Crippen LogP contribution is 2.19. The minimum atomic E-state index is -0.214. The summed E-state index contributed by atoms with van der Waals surface area (Å²) in [5.41, 5.74) is 1.07. The predicted octanol–water partition coefficient (Wildman–Crippen LogP) is 1.91. The highest BCUT2D eigenvalue weighted by Gasteiger charge is 2.17. The highest BCUT2D eigenvalue weighted by molar-refractivity contribution is 5.92. The molecule has 3 rings (SSSR count). The van der Waals surface area contributed by atoms with Gasteiger partial charge in [0.25, 0.3) is 5.91 Å². The molecule has 0 unspecified atom stereocenters. The number of hydrogen-bond donors (Lipinski definition) is 2. The summed E-state index contributed by atoms with van der Waals surface area (Å²) in [6.07, 6.45) is 2.15. The van der Waals surface area contributed by atoms with E-state index >= 15 is 0 Å². The molecular weight excluding hydrogens is 310 g/mol. The van der Waals surface area contributed by atoms with E-state index in [0.717, 1.165) is 30.9 Å². The summed E-state index contributed by atoms with van der Waals surface area (Å²) >= 11 is 0. The minimum absolute atomic E-state index is 0.115. The van der Waals surface area contributed by atoms with Crippen LogP contribution < -0.4 is 14.8 Å². The van der Waals surface area contributed by atoms with Crippen molar-refractivity contribution in [3.8, 4) is 11.5 Å². The molecule has 24 heavy (non-hydrogen) atoms. The van der Waals surface area contributed by atoms with E-state index in [1.807, 2.05) is 18.2 Å². The highest BCUT2D eigenvalue weighted by atomic mass is 16.5. The molecule has 2 heterocycles. The van der Waals surface area contributed by atoms with Crippen LogP contribution in [0.5, 0.6) is 11.5 Å². The molecule has 1 aromatic carbocycles. The Balaban J connectivity index is 1.50. The van der Waals surface area contributed by atoms with Crippen molar-refractivity contribution in [3.63, 3.8) is 0 Å². The summed E-state index contributed by atoms with van der Waals surface area (Å²) in [5.74, 6) is 1.20. The van der Waals surface area contributed by atoms with Crippen molar-refractivity contribution in [1.82, 2.24) is 15.5 Å². The van der Waals surface area contributed by atoms with E-state index in [2.05, 4.69) is 15.5 Å². The summed E-state index contributed by atoms with van der Waals surface area (Å²) in [6.45, 7) is 1.58. The topological polar surface area (TPSA) is 85.5 Å². The molecule has 7 heteroatoms. The Morgan fingerprint density at radius 2 is 2.29 bits per heavy atom. The molecule has 128 valence electrons. The van der Waals surface area contributed by atoms with Gasteiger partial charge >= 0.3 is 0 Å². The monoisotopic (exact) mass is 331 g/mol. The van der Waals surface area contributed by atoms with Gasteiger partial charge in [-0.15, -0.1) is 0 Å². The molecule has 1 fully saturated rings. The summed E-state index contributed by atoms with van der Waals surface area (Å²) in [5, 5.41) is 9.68. The van der Waals surface area contributed by atoms with Gasteiger partial charge in [-0.2, -0.15) is 5.10 Å². The van der Waals surface area contributed by atoms with Crippen LogP contribution in [-0.2, 0) is 11.3 Å². The number of carbonyl (C=O) groups excluding carboxylic acids is 1. The fourth-order valence-corrected chi connectivity index (χ4v) is 2.51. The molecule has 0 aliphatic carbocycles. The largest absolute Gasteiger partial charge is 0.497 e. The lowest BCUT2D eigenvalue weighted by molar-refractivity contribution is 0.0853. The zero-order chi connectivity index (χ0) is 16.8. The normalized spacial score (nSPS) is 16.8. The lowest BCUT2D eigenvalue weighted by Crippen LogP contribution is -2.31. The Kier molecular flexibility index (Phi) is 5.32. The maximum Gasteiger partial charge on any atom is 0.271 e. The van der Waals surface area contributed by atoms with Crippen LogP contribution in [0.4, 0.5) is 0 Å². The molecule has 0 saturated carbocycles. The average Bonchev–Trinajstić information content (AvgIpc) is 3.30. The third kappa shape index (κ3) is 4.26. The SMILES string of the molecule is COc1cccc(OCc2cc(C(=O)NC[C@H]3CCCO3)n[nH]2)c1. The Hall–Kier alpha value is -2.54. The Morgan fingerprint density at radius 1 is 1.42 bits per heavy atom. The molecule has 2 aromatic rings. The summed E-state index contributed by atoms with van der Waals surface area (Å²) in [4.78, 5) is 12.1. The van der Waals surface area contributed by atoms with Crippen molar-refractivity contribution in [1.29, 1.82) is 0 Å². The predicted molar refractivity (Wildman–Crippen MR) is 87.2 cm³/mol.